The summed E-state index contributed by atoms with van der Waals surface area (Å²) in [6.07, 6.45) is 2.76. The van der Waals surface area contributed by atoms with Gasteiger partial charge in [0.25, 0.3) is 5.91 Å². The largest absolute Gasteiger partial charge is 0.317 e. The van der Waals surface area contributed by atoms with E-state index in [2.05, 4.69) is 4.72 Å². The number of nitrogens with one attached hydrogen (secondary N) is 1. The molecule has 2 fully saturated rings. The fourth-order valence-electron chi connectivity index (χ4n) is 2.34. The second-order valence-electron chi connectivity index (χ2n) is 6.12. The lowest BCUT2D eigenvalue weighted by atomic mass is 9.99. The quantitative estimate of drug-likeness (QED) is 0.774. The van der Waals surface area contributed by atoms with E-state index in [-0.39, 0.29) is 5.92 Å². The van der Waals surface area contributed by atoms with E-state index in [4.69, 9.17) is 5.73 Å². The monoisotopic (exact) mass is 274 g/mol. The number of carbonyl (C=O) groups excluding carboxylic acids is 1. The number of rotatable bonds is 5. The van der Waals surface area contributed by atoms with E-state index in [0.29, 0.717) is 25.2 Å². The van der Waals surface area contributed by atoms with Crippen molar-refractivity contribution >= 4 is 15.9 Å². The Labute approximate surface area is 109 Å². The first-order valence-corrected chi connectivity index (χ1v) is 8.00. The molecule has 1 amide bonds. The van der Waals surface area contributed by atoms with Crippen LogP contribution >= 0.6 is 0 Å². The van der Waals surface area contributed by atoms with Crippen LogP contribution in [0, 0.1) is 11.8 Å². The smallest absolute Gasteiger partial charge is 0.253 e. The van der Waals surface area contributed by atoms with Crippen molar-refractivity contribution in [2.75, 3.05) is 0 Å². The Bertz CT molecular complexity index is 470. The maximum Gasteiger partial charge on any atom is 0.253 e. The summed E-state index contributed by atoms with van der Waals surface area (Å²) in [4.78, 5) is 12.0. The van der Waals surface area contributed by atoms with E-state index in [0.717, 1.165) is 6.42 Å². The molecule has 0 radical (unpaired) electrons. The van der Waals surface area contributed by atoms with Gasteiger partial charge in [0.1, 0.15) is 0 Å². The fourth-order valence-corrected chi connectivity index (χ4v) is 3.66. The topological polar surface area (TPSA) is 89.3 Å². The molecule has 2 rings (SSSR count). The van der Waals surface area contributed by atoms with E-state index in [1.807, 2.05) is 13.8 Å². The van der Waals surface area contributed by atoms with Crippen molar-refractivity contribution in [1.29, 1.82) is 0 Å². The molecule has 0 saturated heterocycles. The number of carbonyl (C=O) groups is 1. The van der Waals surface area contributed by atoms with Crippen LogP contribution in [0.5, 0.6) is 0 Å². The molecule has 5 nitrogen and oxygen atoms in total. The highest BCUT2D eigenvalue weighted by molar-refractivity contribution is 7.91. The van der Waals surface area contributed by atoms with Gasteiger partial charge in [-0.15, -0.1) is 0 Å². The van der Waals surface area contributed by atoms with Crippen LogP contribution in [0.1, 0.15) is 46.5 Å². The summed E-state index contributed by atoms with van der Waals surface area (Å²) < 4.78 is 25.3. The molecule has 0 bridgehead atoms. The molecule has 3 N–H and O–H groups in total. The molecule has 0 aromatic carbocycles. The third kappa shape index (κ3) is 2.05. The predicted octanol–water partition coefficient (Wildman–Crippen LogP) is 0.748. The van der Waals surface area contributed by atoms with Gasteiger partial charge in [-0.05, 0) is 38.0 Å². The van der Waals surface area contributed by atoms with Gasteiger partial charge in [0.2, 0.25) is 10.0 Å². The number of hydrogen-bond donors (Lipinski definition) is 2. The van der Waals surface area contributed by atoms with Crippen LogP contribution in [0.15, 0.2) is 0 Å². The molecule has 3 unspecified atom stereocenters. The van der Waals surface area contributed by atoms with Crippen LogP contribution in [0.2, 0.25) is 0 Å². The summed E-state index contributed by atoms with van der Waals surface area (Å²) in [5, 5.41) is 0. The minimum Gasteiger partial charge on any atom is -0.317 e. The summed E-state index contributed by atoms with van der Waals surface area (Å²) in [5.74, 6) is -0.0781. The van der Waals surface area contributed by atoms with E-state index >= 15 is 0 Å². The van der Waals surface area contributed by atoms with Gasteiger partial charge < -0.3 is 5.73 Å². The van der Waals surface area contributed by atoms with Gasteiger partial charge in [0.05, 0.1) is 10.3 Å². The Morgan fingerprint density at radius 1 is 1.50 bits per heavy atom. The number of amides is 1. The zero-order valence-electron chi connectivity index (χ0n) is 11.2. The Morgan fingerprint density at radius 3 is 2.50 bits per heavy atom. The van der Waals surface area contributed by atoms with Crippen LogP contribution < -0.4 is 10.5 Å². The fraction of sp³-hybridized carbons (Fsp3) is 0.917. The van der Waals surface area contributed by atoms with Crippen LogP contribution in [-0.2, 0) is 14.8 Å². The number of nitrogens with two attached hydrogens (primary N) is 1. The lowest BCUT2D eigenvalue weighted by Crippen LogP contribution is -2.49. The Kier molecular flexibility index (Phi) is 3.02. The molecule has 3 atom stereocenters. The lowest BCUT2D eigenvalue weighted by molar-refractivity contribution is -0.122. The van der Waals surface area contributed by atoms with Crippen molar-refractivity contribution in [3.8, 4) is 0 Å². The maximum atomic E-state index is 12.0. The van der Waals surface area contributed by atoms with Crippen molar-refractivity contribution in [3.63, 3.8) is 0 Å². The number of hydrogen-bond acceptors (Lipinski definition) is 4. The molecule has 2 aliphatic rings. The zero-order chi connectivity index (χ0) is 13.8. The lowest BCUT2D eigenvalue weighted by Gasteiger charge is -2.17. The molecule has 18 heavy (non-hydrogen) atoms. The minimum atomic E-state index is -3.56. The zero-order valence-corrected chi connectivity index (χ0v) is 12.0. The second-order valence-corrected chi connectivity index (χ2v) is 8.32. The molecule has 2 aliphatic carbocycles. The molecule has 0 aromatic heterocycles. The van der Waals surface area contributed by atoms with Gasteiger partial charge in [0.15, 0.2) is 0 Å². The van der Waals surface area contributed by atoms with Gasteiger partial charge in [-0.2, -0.15) is 0 Å². The molecular formula is C12H22N2O3S. The van der Waals surface area contributed by atoms with Crippen LogP contribution in [0.25, 0.3) is 0 Å². The first-order chi connectivity index (χ1) is 8.16. The number of sulfonamides is 1. The van der Waals surface area contributed by atoms with Crippen molar-refractivity contribution in [3.05, 3.63) is 0 Å². The van der Waals surface area contributed by atoms with Crippen LogP contribution in [0.3, 0.4) is 0 Å². The highest BCUT2D eigenvalue weighted by atomic mass is 32.2. The molecule has 2 saturated carbocycles. The molecule has 0 aromatic rings. The van der Waals surface area contributed by atoms with Gasteiger partial charge >= 0.3 is 0 Å². The summed E-state index contributed by atoms with van der Waals surface area (Å²) in [7, 11) is -3.56. The van der Waals surface area contributed by atoms with Gasteiger partial charge in [-0.1, -0.05) is 20.3 Å². The van der Waals surface area contributed by atoms with E-state index in [9.17, 15) is 13.2 Å². The van der Waals surface area contributed by atoms with E-state index in [1.165, 1.54) is 0 Å². The van der Waals surface area contributed by atoms with Gasteiger partial charge in [-0.3, -0.25) is 9.52 Å². The molecule has 0 aliphatic heterocycles. The van der Waals surface area contributed by atoms with Crippen molar-refractivity contribution in [2.24, 2.45) is 17.6 Å². The summed E-state index contributed by atoms with van der Waals surface area (Å²) in [6.45, 7) is 5.75. The third-order valence-electron chi connectivity index (χ3n) is 4.64. The summed E-state index contributed by atoms with van der Waals surface area (Å²) in [5.41, 5.74) is 5.03. The Hall–Kier alpha value is -0.620. The van der Waals surface area contributed by atoms with Crippen LogP contribution in [0.4, 0.5) is 0 Å². The van der Waals surface area contributed by atoms with Gasteiger partial charge in [-0.25, -0.2) is 8.42 Å². The average molecular weight is 274 g/mol. The average Bonchev–Trinajstić information content (AvgIpc) is 3.16. The summed E-state index contributed by atoms with van der Waals surface area (Å²) >= 11 is 0. The minimum absolute atomic E-state index is 0.102. The third-order valence-corrected chi connectivity index (χ3v) is 6.80. The first kappa shape index (κ1) is 13.8. The molecule has 104 valence electrons. The standard InChI is InChI=1S/C12H22N2O3S/c1-4-8(2)9-7-12(9,13)10(15)14-18(16,17)11(3)5-6-11/h8-9H,4-7,13H2,1-3H3,(H,14,15). The molecule has 0 heterocycles. The van der Waals surface area contributed by atoms with E-state index < -0.39 is 26.2 Å². The Balaban J connectivity index is 2.02. The van der Waals surface area contributed by atoms with Crippen molar-refractivity contribution in [1.82, 2.24) is 4.72 Å². The second kappa shape index (κ2) is 3.93. The molecule has 6 heteroatoms. The normalized spacial score (nSPS) is 34.8. The highest BCUT2D eigenvalue weighted by Crippen LogP contribution is 2.48. The predicted molar refractivity (Wildman–Crippen MR) is 69.2 cm³/mol. The molecule has 0 spiro atoms. The van der Waals surface area contributed by atoms with Crippen LogP contribution in [-0.4, -0.2) is 24.6 Å². The first-order valence-electron chi connectivity index (χ1n) is 6.52. The van der Waals surface area contributed by atoms with Gasteiger partial charge in [0, 0.05) is 0 Å². The SMILES string of the molecule is CCC(C)C1CC1(N)C(=O)NS(=O)(=O)C1(C)CC1. The summed E-state index contributed by atoms with van der Waals surface area (Å²) in [6, 6.07) is 0. The van der Waals surface area contributed by atoms with E-state index in [1.54, 1.807) is 6.92 Å². The van der Waals surface area contributed by atoms with Crippen molar-refractivity contribution in [2.45, 2.75) is 56.7 Å². The maximum absolute atomic E-state index is 12.0. The Morgan fingerprint density at radius 2 is 2.06 bits per heavy atom. The highest BCUT2D eigenvalue weighted by Gasteiger charge is 2.61. The molecular weight excluding hydrogens is 252 g/mol. The van der Waals surface area contributed by atoms with Crippen molar-refractivity contribution < 1.29 is 13.2 Å².